The van der Waals surface area contributed by atoms with Gasteiger partial charge in [0.05, 0.1) is 16.8 Å². The summed E-state index contributed by atoms with van der Waals surface area (Å²) in [5.41, 5.74) is 1.64. The van der Waals surface area contributed by atoms with Gasteiger partial charge in [-0.3, -0.25) is 15.1 Å². The lowest BCUT2D eigenvalue weighted by molar-refractivity contribution is -0.385. The van der Waals surface area contributed by atoms with Crippen LogP contribution in [0.1, 0.15) is 11.3 Å². The summed E-state index contributed by atoms with van der Waals surface area (Å²) in [4.78, 5) is 18.8. The smallest absolute Gasteiger partial charge is 0.312 e. The number of oxazole rings is 1. The van der Waals surface area contributed by atoms with Gasteiger partial charge >= 0.3 is 5.95 Å². The van der Waals surface area contributed by atoms with Gasteiger partial charge in [0.15, 0.2) is 5.69 Å². The molecule has 0 radical (unpaired) electrons. The summed E-state index contributed by atoms with van der Waals surface area (Å²) in [6.45, 7) is 1.65. The molecule has 0 fully saturated rings. The molecule has 126 valence electrons. The van der Waals surface area contributed by atoms with Gasteiger partial charge in [-0.05, 0) is 37.3 Å². The normalized spacial score (nSPS) is 11.1. The number of aryl methyl sites for hydroxylation is 1. The molecule has 0 spiro atoms. The second-order valence-corrected chi connectivity index (χ2v) is 5.64. The second kappa shape index (κ2) is 6.74. The molecule has 1 heterocycles. The maximum atomic E-state index is 11.0. The number of hydrogen-bond donors (Lipinski definition) is 1. The van der Waals surface area contributed by atoms with Crippen molar-refractivity contribution in [3.8, 4) is 17.4 Å². The maximum Gasteiger partial charge on any atom is 0.312 e. The minimum absolute atomic E-state index is 0.0270. The molecule has 0 unspecified atom stereocenters. The van der Waals surface area contributed by atoms with Crippen molar-refractivity contribution in [2.45, 2.75) is 6.92 Å². The van der Waals surface area contributed by atoms with Crippen molar-refractivity contribution in [3.63, 3.8) is 0 Å². The van der Waals surface area contributed by atoms with Gasteiger partial charge in [0, 0.05) is 22.2 Å². The van der Waals surface area contributed by atoms with E-state index >= 15 is 0 Å². The summed E-state index contributed by atoms with van der Waals surface area (Å²) in [5.74, 6) is -0.180. The maximum absolute atomic E-state index is 11.0. The minimum Gasteiger partial charge on any atom is -0.479 e. The van der Waals surface area contributed by atoms with Crippen molar-refractivity contribution in [2.75, 3.05) is 0 Å². The molecule has 0 aliphatic carbocycles. The van der Waals surface area contributed by atoms with E-state index in [0.717, 1.165) is 0 Å². The number of nitro groups is 1. The molecule has 1 N–H and O–H groups in total. The lowest BCUT2D eigenvalue weighted by Gasteiger charge is -1.97. The molecule has 0 amide bonds. The molecule has 25 heavy (non-hydrogen) atoms. The fourth-order valence-corrected chi connectivity index (χ4v) is 2.26. The molecule has 0 saturated heterocycles. The van der Waals surface area contributed by atoms with Crippen LogP contribution in [-0.2, 0) is 0 Å². The highest BCUT2D eigenvalue weighted by atomic mass is 35.5. The summed E-state index contributed by atoms with van der Waals surface area (Å²) in [6, 6.07) is 11.4. The van der Waals surface area contributed by atoms with Gasteiger partial charge in [-0.15, -0.1) is 0 Å². The first kappa shape index (κ1) is 16.7. The van der Waals surface area contributed by atoms with Crippen LogP contribution in [-0.4, -0.2) is 21.2 Å². The van der Waals surface area contributed by atoms with Crippen LogP contribution in [0, 0.1) is 17.0 Å². The Hall–Kier alpha value is -3.19. The third kappa shape index (κ3) is 3.67. The Balaban J connectivity index is 1.88. The topological polar surface area (TPSA) is 102 Å². The van der Waals surface area contributed by atoms with E-state index in [-0.39, 0.29) is 17.3 Å². The highest BCUT2D eigenvalue weighted by Crippen LogP contribution is 2.28. The fourth-order valence-electron chi connectivity index (χ4n) is 2.13. The zero-order valence-electron chi connectivity index (χ0n) is 13.0. The van der Waals surface area contributed by atoms with E-state index in [9.17, 15) is 15.2 Å². The lowest BCUT2D eigenvalue weighted by atomic mass is 10.2. The van der Waals surface area contributed by atoms with Crippen LogP contribution >= 0.6 is 11.6 Å². The molecule has 7 nitrogen and oxygen atoms in total. The summed E-state index contributed by atoms with van der Waals surface area (Å²) in [5, 5.41) is 21.4. The Labute approximate surface area is 147 Å². The number of aliphatic imine (C=N–C) groups is 1. The third-order valence-corrected chi connectivity index (χ3v) is 3.70. The monoisotopic (exact) mass is 357 g/mol. The molecule has 8 heteroatoms. The minimum atomic E-state index is -0.472. The first-order valence-electron chi connectivity index (χ1n) is 7.19. The molecule has 1 aromatic heterocycles. The number of aromatic hydroxyl groups is 1. The number of nitrogens with zero attached hydrogens (tertiary/aromatic N) is 3. The largest absolute Gasteiger partial charge is 0.479 e. The van der Waals surface area contributed by atoms with Crippen molar-refractivity contribution >= 4 is 29.2 Å². The summed E-state index contributed by atoms with van der Waals surface area (Å²) >= 11 is 5.83. The van der Waals surface area contributed by atoms with Crippen molar-refractivity contribution in [3.05, 3.63) is 68.9 Å². The zero-order valence-corrected chi connectivity index (χ0v) is 13.8. The van der Waals surface area contributed by atoms with Crippen LogP contribution in [0.25, 0.3) is 11.5 Å². The predicted octanol–water partition coefficient (Wildman–Crippen LogP) is 4.67. The number of benzene rings is 2. The van der Waals surface area contributed by atoms with Crippen LogP contribution in [0.15, 0.2) is 51.9 Å². The van der Waals surface area contributed by atoms with E-state index in [1.165, 1.54) is 12.3 Å². The molecule has 0 bridgehead atoms. The molecule has 3 aromatic rings. The summed E-state index contributed by atoms with van der Waals surface area (Å²) in [6.07, 6.45) is 1.28. The van der Waals surface area contributed by atoms with Crippen molar-refractivity contribution in [1.29, 1.82) is 0 Å². The van der Waals surface area contributed by atoms with Crippen LogP contribution in [0.4, 0.5) is 11.4 Å². The van der Waals surface area contributed by atoms with E-state index < -0.39 is 10.9 Å². The van der Waals surface area contributed by atoms with Crippen LogP contribution in [0.5, 0.6) is 5.95 Å². The first-order chi connectivity index (χ1) is 11.9. The van der Waals surface area contributed by atoms with Gasteiger partial charge in [-0.1, -0.05) is 17.7 Å². The van der Waals surface area contributed by atoms with Crippen molar-refractivity contribution < 1.29 is 14.4 Å². The average Bonchev–Trinajstić information content (AvgIpc) is 2.95. The Morgan fingerprint density at radius 2 is 2.00 bits per heavy atom. The highest BCUT2D eigenvalue weighted by Gasteiger charge is 2.13. The van der Waals surface area contributed by atoms with Gasteiger partial charge in [0.25, 0.3) is 5.69 Å². The highest BCUT2D eigenvalue weighted by molar-refractivity contribution is 6.30. The number of halogens is 1. The summed E-state index contributed by atoms with van der Waals surface area (Å²) < 4.78 is 5.21. The Bertz CT molecular complexity index is 965. The van der Waals surface area contributed by atoms with E-state index in [4.69, 9.17) is 16.0 Å². The zero-order chi connectivity index (χ0) is 18.0. The number of aromatic nitrogens is 1. The predicted molar refractivity (Wildman–Crippen MR) is 93.7 cm³/mol. The van der Waals surface area contributed by atoms with E-state index in [0.29, 0.717) is 21.8 Å². The average molecular weight is 358 g/mol. The number of rotatable bonds is 4. The molecular weight excluding hydrogens is 346 g/mol. The number of nitro benzene ring substituents is 1. The van der Waals surface area contributed by atoms with E-state index in [1.807, 2.05) is 0 Å². The molecule has 0 aliphatic rings. The van der Waals surface area contributed by atoms with Crippen molar-refractivity contribution in [1.82, 2.24) is 4.98 Å². The first-order valence-corrected chi connectivity index (χ1v) is 7.56. The van der Waals surface area contributed by atoms with Crippen LogP contribution in [0.2, 0.25) is 5.02 Å². The molecule has 2 aromatic carbocycles. The van der Waals surface area contributed by atoms with Gasteiger partial charge in [0.2, 0.25) is 5.89 Å². The summed E-state index contributed by atoms with van der Waals surface area (Å²) in [7, 11) is 0. The molecule has 3 rings (SSSR count). The van der Waals surface area contributed by atoms with Gasteiger partial charge in [-0.2, -0.15) is 0 Å². The Morgan fingerprint density at radius 1 is 1.28 bits per heavy atom. The fraction of sp³-hybridized carbons (Fsp3) is 0.0588. The lowest BCUT2D eigenvalue weighted by Crippen LogP contribution is -1.90. The molecular formula is C17H12ClN3O4. The standard InChI is InChI=1S/C17H12ClN3O4/c1-10-2-7-13(8-15(10)21(23)24)19-9-14-17(22)25-16(20-14)11-3-5-12(18)6-4-11/h2-9,22H,1H3. The second-order valence-electron chi connectivity index (χ2n) is 5.20. The van der Waals surface area contributed by atoms with Gasteiger partial charge < -0.3 is 9.52 Å². The molecule has 0 aliphatic heterocycles. The van der Waals surface area contributed by atoms with Crippen LogP contribution < -0.4 is 0 Å². The molecule has 0 atom stereocenters. The number of hydrogen-bond acceptors (Lipinski definition) is 6. The van der Waals surface area contributed by atoms with Gasteiger partial charge in [-0.25, -0.2) is 4.98 Å². The van der Waals surface area contributed by atoms with Crippen LogP contribution in [0.3, 0.4) is 0 Å². The van der Waals surface area contributed by atoms with E-state index in [2.05, 4.69) is 9.98 Å². The van der Waals surface area contributed by atoms with E-state index in [1.54, 1.807) is 43.3 Å². The molecule has 0 saturated carbocycles. The Kier molecular flexibility index (Phi) is 4.49. The quantitative estimate of drug-likeness (QED) is 0.415. The SMILES string of the molecule is Cc1ccc(N=Cc2nc(-c3ccc(Cl)cc3)oc2O)cc1[N+](=O)[O-]. The van der Waals surface area contributed by atoms with Crippen molar-refractivity contribution in [2.24, 2.45) is 4.99 Å². The third-order valence-electron chi connectivity index (χ3n) is 3.45. The Morgan fingerprint density at radius 3 is 2.68 bits per heavy atom. The van der Waals surface area contributed by atoms with Gasteiger partial charge in [0.1, 0.15) is 0 Å².